The van der Waals surface area contributed by atoms with E-state index >= 15 is 0 Å². The van der Waals surface area contributed by atoms with Gasteiger partial charge in [0.05, 0.1) is 11.0 Å². The van der Waals surface area contributed by atoms with Gasteiger partial charge in [0.25, 0.3) is 5.69 Å². The molecular formula is C15H18F3N3O3. The van der Waals surface area contributed by atoms with Gasteiger partial charge in [0, 0.05) is 24.7 Å². The SMILES string of the molecule is C[C@H](c1cccc([N+](=O)[O-])c1)N(C)[C@H]1CCN(CC(F)(F)F)C1=O. The van der Waals surface area contributed by atoms with Crippen LogP contribution in [0.1, 0.15) is 24.9 Å². The van der Waals surface area contributed by atoms with Crippen LogP contribution in [0, 0.1) is 10.1 Å². The number of nitro benzene ring substituents is 1. The summed E-state index contributed by atoms with van der Waals surface area (Å²) in [4.78, 5) is 25.0. The van der Waals surface area contributed by atoms with Crippen LogP contribution < -0.4 is 0 Å². The Balaban J connectivity index is 2.11. The second-order valence-corrected chi connectivity index (χ2v) is 5.87. The number of amides is 1. The molecule has 0 bridgehead atoms. The van der Waals surface area contributed by atoms with Crippen LogP contribution in [0.5, 0.6) is 0 Å². The molecule has 1 amide bonds. The number of benzene rings is 1. The van der Waals surface area contributed by atoms with Gasteiger partial charge in [-0.1, -0.05) is 12.1 Å². The molecule has 0 spiro atoms. The fraction of sp³-hybridized carbons (Fsp3) is 0.533. The summed E-state index contributed by atoms with van der Waals surface area (Å²) < 4.78 is 37.4. The lowest BCUT2D eigenvalue weighted by Crippen LogP contribution is -2.43. The molecule has 0 saturated carbocycles. The van der Waals surface area contributed by atoms with Crippen LogP contribution in [0.2, 0.25) is 0 Å². The van der Waals surface area contributed by atoms with Crippen LogP contribution in [0.15, 0.2) is 24.3 Å². The van der Waals surface area contributed by atoms with Crippen molar-refractivity contribution in [2.24, 2.45) is 0 Å². The Kier molecular flexibility index (Phi) is 5.12. The van der Waals surface area contributed by atoms with Crippen molar-refractivity contribution in [1.82, 2.24) is 9.80 Å². The average molecular weight is 345 g/mol. The van der Waals surface area contributed by atoms with E-state index in [1.807, 2.05) is 0 Å². The number of hydrogen-bond donors (Lipinski definition) is 0. The van der Waals surface area contributed by atoms with Gasteiger partial charge in [-0.15, -0.1) is 0 Å². The molecule has 1 saturated heterocycles. The highest BCUT2D eigenvalue weighted by Crippen LogP contribution is 2.29. The van der Waals surface area contributed by atoms with E-state index in [-0.39, 0.29) is 18.3 Å². The largest absolute Gasteiger partial charge is 0.406 e. The zero-order valence-electron chi connectivity index (χ0n) is 13.3. The van der Waals surface area contributed by atoms with E-state index in [2.05, 4.69) is 0 Å². The van der Waals surface area contributed by atoms with Gasteiger partial charge in [0.2, 0.25) is 5.91 Å². The Morgan fingerprint density at radius 3 is 2.71 bits per heavy atom. The first kappa shape index (κ1) is 18.2. The van der Waals surface area contributed by atoms with E-state index in [4.69, 9.17) is 0 Å². The quantitative estimate of drug-likeness (QED) is 0.608. The van der Waals surface area contributed by atoms with Gasteiger partial charge < -0.3 is 4.90 Å². The van der Waals surface area contributed by atoms with Crippen molar-refractivity contribution < 1.29 is 22.9 Å². The van der Waals surface area contributed by atoms with E-state index in [1.165, 1.54) is 12.1 Å². The predicted octanol–water partition coefficient (Wildman–Crippen LogP) is 2.75. The zero-order chi connectivity index (χ0) is 18.1. The van der Waals surface area contributed by atoms with Crippen molar-refractivity contribution in [3.8, 4) is 0 Å². The molecule has 0 aliphatic carbocycles. The molecule has 1 fully saturated rings. The van der Waals surface area contributed by atoms with Gasteiger partial charge in [0.1, 0.15) is 6.54 Å². The number of hydrogen-bond acceptors (Lipinski definition) is 4. The Morgan fingerprint density at radius 1 is 1.46 bits per heavy atom. The van der Waals surface area contributed by atoms with Crippen LogP contribution in [-0.2, 0) is 4.79 Å². The molecule has 1 heterocycles. The van der Waals surface area contributed by atoms with Gasteiger partial charge in [-0.25, -0.2) is 0 Å². The highest BCUT2D eigenvalue weighted by atomic mass is 19.4. The number of alkyl halides is 3. The number of likely N-dealkylation sites (tertiary alicyclic amines) is 1. The molecule has 0 unspecified atom stereocenters. The standard InChI is InChI=1S/C15H18F3N3O3/c1-10(11-4-3-5-12(8-11)21(23)24)19(2)13-6-7-20(14(13)22)9-15(16,17)18/h3-5,8,10,13H,6-7,9H2,1-2H3/t10-,13+/m1/s1. The molecule has 2 rings (SSSR count). The maximum Gasteiger partial charge on any atom is 0.406 e. The Hall–Kier alpha value is -2.16. The number of nitro groups is 1. The van der Waals surface area contributed by atoms with Gasteiger partial charge in [0.15, 0.2) is 0 Å². The molecule has 1 aromatic rings. The van der Waals surface area contributed by atoms with Crippen LogP contribution in [-0.4, -0.2) is 53.0 Å². The smallest absolute Gasteiger partial charge is 0.332 e. The topological polar surface area (TPSA) is 66.7 Å². The van der Waals surface area contributed by atoms with Crippen LogP contribution in [0.3, 0.4) is 0 Å². The van der Waals surface area contributed by atoms with Crippen molar-refractivity contribution in [1.29, 1.82) is 0 Å². The summed E-state index contributed by atoms with van der Waals surface area (Å²) in [5, 5.41) is 10.9. The third kappa shape index (κ3) is 4.02. The van der Waals surface area contributed by atoms with E-state index in [9.17, 15) is 28.1 Å². The van der Waals surface area contributed by atoms with E-state index < -0.39 is 29.6 Å². The normalized spacial score (nSPS) is 19.8. The monoisotopic (exact) mass is 345 g/mol. The Bertz CT molecular complexity index is 636. The molecule has 0 radical (unpaired) electrons. The highest BCUT2D eigenvalue weighted by Gasteiger charge is 2.41. The fourth-order valence-electron chi connectivity index (χ4n) is 2.88. The minimum Gasteiger partial charge on any atom is -0.332 e. The molecule has 1 aliphatic rings. The number of nitrogens with zero attached hydrogens (tertiary/aromatic N) is 3. The lowest BCUT2D eigenvalue weighted by molar-refractivity contribution is -0.384. The highest BCUT2D eigenvalue weighted by molar-refractivity contribution is 5.84. The third-order valence-electron chi connectivity index (χ3n) is 4.31. The number of carbonyl (C=O) groups excluding carboxylic acids is 1. The summed E-state index contributed by atoms with van der Waals surface area (Å²) in [6, 6.07) is 5.01. The maximum atomic E-state index is 12.5. The minimum absolute atomic E-state index is 0.0506. The Labute approximate surface area is 137 Å². The number of halogens is 3. The Morgan fingerprint density at radius 2 is 2.12 bits per heavy atom. The average Bonchev–Trinajstić information content (AvgIpc) is 2.85. The lowest BCUT2D eigenvalue weighted by atomic mass is 10.0. The van der Waals surface area contributed by atoms with Gasteiger partial charge in [-0.3, -0.25) is 19.8 Å². The van der Waals surface area contributed by atoms with E-state index in [0.717, 1.165) is 4.90 Å². The molecular weight excluding hydrogens is 327 g/mol. The summed E-state index contributed by atoms with van der Waals surface area (Å²) in [5.74, 6) is -0.563. The van der Waals surface area contributed by atoms with Crippen molar-refractivity contribution >= 4 is 11.6 Å². The van der Waals surface area contributed by atoms with Gasteiger partial charge in [-0.2, -0.15) is 13.2 Å². The summed E-state index contributed by atoms with van der Waals surface area (Å²) in [6.07, 6.45) is -4.13. The predicted molar refractivity (Wildman–Crippen MR) is 80.3 cm³/mol. The molecule has 24 heavy (non-hydrogen) atoms. The first-order valence-corrected chi connectivity index (χ1v) is 7.42. The minimum atomic E-state index is -4.42. The first-order chi connectivity index (χ1) is 11.1. The molecule has 1 aliphatic heterocycles. The van der Waals surface area contributed by atoms with E-state index in [1.54, 1.807) is 31.0 Å². The van der Waals surface area contributed by atoms with Crippen molar-refractivity contribution in [2.75, 3.05) is 20.1 Å². The van der Waals surface area contributed by atoms with Crippen LogP contribution in [0.4, 0.5) is 18.9 Å². The second-order valence-electron chi connectivity index (χ2n) is 5.87. The number of carbonyl (C=O) groups is 1. The summed E-state index contributed by atoms with van der Waals surface area (Å²) >= 11 is 0. The zero-order valence-corrected chi connectivity index (χ0v) is 13.3. The first-order valence-electron chi connectivity index (χ1n) is 7.42. The number of non-ortho nitro benzene ring substituents is 1. The molecule has 0 aromatic heterocycles. The molecule has 6 nitrogen and oxygen atoms in total. The summed E-state index contributed by atoms with van der Waals surface area (Å²) in [6.45, 7) is 0.565. The summed E-state index contributed by atoms with van der Waals surface area (Å²) in [7, 11) is 1.64. The molecule has 132 valence electrons. The number of likely N-dealkylation sites (N-methyl/N-ethyl adjacent to an activating group) is 1. The third-order valence-corrected chi connectivity index (χ3v) is 4.31. The molecule has 9 heteroatoms. The lowest BCUT2D eigenvalue weighted by Gasteiger charge is -2.30. The van der Waals surface area contributed by atoms with Crippen LogP contribution in [0.25, 0.3) is 0 Å². The second kappa shape index (κ2) is 6.76. The van der Waals surface area contributed by atoms with E-state index in [0.29, 0.717) is 12.0 Å². The van der Waals surface area contributed by atoms with Gasteiger partial charge >= 0.3 is 6.18 Å². The fourth-order valence-corrected chi connectivity index (χ4v) is 2.88. The van der Waals surface area contributed by atoms with Crippen molar-refractivity contribution in [3.63, 3.8) is 0 Å². The van der Waals surface area contributed by atoms with Crippen LogP contribution >= 0.6 is 0 Å². The molecule has 2 atom stereocenters. The number of rotatable bonds is 5. The van der Waals surface area contributed by atoms with Crippen molar-refractivity contribution in [2.45, 2.75) is 31.6 Å². The van der Waals surface area contributed by atoms with Gasteiger partial charge in [-0.05, 0) is 26.0 Å². The molecule has 1 aromatic carbocycles. The maximum absolute atomic E-state index is 12.5. The van der Waals surface area contributed by atoms with Crippen molar-refractivity contribution in [3.05, 3.63) is 39.9 Å². The summed E-state index contributed by atoms with van der Waals surface area (Å²) in [5.41, 5.74) is 0.568. The molecule has 0 N–H and O–H groups in total.